The number of hydrogen-bond acceptors (Lipinski definition) is 4. The molecule has 1 saturated heterocycles. The standard InChI is InChI=1S/C9H18N2O3/c1-14-6-8(9(12)13)11-3-2-7(4-10)5-11/h7-8H,2-6,10H2,1H3,(H,12,13). The lowest BCUT2D eigenvalue weighted by Crippen LogP contribution is -2.43. The van der Waals surface area contributed by atoms with E-state index in [0.717, 1.165) is 19.5 Å². The molecule has 5 nitrogen and oxygen atoms in total. The number of likely N-dealkylation sites (tertiary alicyclic amines) is 1. The van der Waals surface area contributed by atoms with Gasteiger partial charge in [0.15, 0.2) is 0 Å². The first-order valence-corrected chi connectivity index (χ1v) is 4.85. The van der Waals surface area contributed by atoms with E-state index in [-0.39, 0.29) is 6.61 Å². The van der Waals surface area contributed by atoms with Crippen LogP contribution in [-0.4, -0.2) is 55.4 Å². The van der Waals surface area contributed by atoms with Crippen LogP contribution in [0.3, 0.4) is 0 Å². The van der Waals surface area contributed by atoms with Crippen molar-refractivity contribution in [3.8, 4) is 0 Å². The molecule has 0 aromatic heterocycles. The molecule has 0 saturated carbocycles. The maximum absolute atomic E-state index is 10.9. The first kappa shape index (κ1) is 11.4. The minimum atomic E-state index is -0.815. The molecule has 14 heavy (non-hydrogen) atoms. The van der Waals surface area contributed by atoms with Gasteiger partial charge in [-0.15, -0.1) is 0 Å². The van der Waals surface area contributed by atoms with E-state index in [9.17, 15) is 4.79 Å². The van der Waals surface area contributed by atoms with Crippen LogP contribution in [0.15, 0.2) is 0 Å². The predicted molar refractivity (Wildman–Crippen MR) is 52.0 cm³/mol. The minimum absolute atomic E-state index is 0.243. The topological polar surface area (TPSA) is 75.8 Å². The van der Waals surface area contributed by atoms with Crippen molar-refractivity contribution in [1.82, 2.24) is 4.90 Å². The molecule has 0 amide bonds. The highest BCUT2D eigenvalue weighted by molar-refractivity contribution is 5.73. The quantitative estimate of drug-likeness (QED) is 0.620. The summed E-state index contributed by atoms with van der Waals surface area (Å²) in [5.74, 6) is -0.377. The van der Waals surface area contributed by atoms with Crippen LogP contribution in [0.5, 0.6) is 0 Å². The molecule has 2 atom stereocenters. The summed E-state index contributed by atoms with van der Waals surface area (Å²) < 4.78 is 4.89. The molecule has 0 aliphatic carbocycles. The van der Waals surface area contributed by atoms with Crippen molar-refractivity contribution in [2.45, 2.75) is 12.5 Å². The summed E-state index contributed by atoms with van der Waals surface area (Å²) in [6.07, 6.45) is 0.990. The number of carboxylic acid groups (broad SMARTS) is 1. The fourth-order valence-electron chi connectivity index (χ4n) is 1.83. The van der Waals surface area contributed by atoms with Crippen molar-refractivity contribution in [2.75, 3.05) is 33.4 Å². The maximum atomic E-state index is 10.9. The summed E-state index contributed by atoms with van der Waals surface area (Å²) in [5.41, 5.74) is 5.54. The average Bonchev–Trinajstić information content (AvgIpc) is 2.61. The average molecular weight is 202 g/mol. The molecule has 0 aromatic rings. The Kier molecular flexibility index (Phi) is 4.31. The zero-order chi connectivity index (χ0) is 10.6. The Labute approximate surface area is 83.8 Å². The zero-order valence-corrected chi connectivity index (χ0v) is 8.48. The fraction of sp³-hybridized carbons (Fsp3) is 0.889. The van der Waals surface area contributed by atoms with Gasteiger partial charge >= 0.3 is 5.97 Å². The van der Waals surface area contributed by atoms with Gasteiger partial charge in [-0.25, -0.2) is 0 Å². The Morgan fingerprint density at radius 1 is 1.79 bits per heavy atom. The van der Waals surface area contributed by atoms with E-state index in [4.69, 9.17) is 15.6 Å². The molecular formula is C9H18N2O3. The number of nitrogens with two attached hydrogens (primary N) is 1. The number of methoxy groups -OCH3 is 1. The third-order valence-electron chi connectivity index (χ3n) is 2.70. The van der Waals surface area contributed by atoms with Crippen molar-refractivity contribution < 1.29 is 14.6 Å². The lowest BCUT2D eigenvalue weighted by atomic mass is 10.1. The van der Waals surface area contributed by atoms with Crippen LogP contribution < -0.4 is 5.73 Å². The van der Waals surface area contributed by atoms with Gasteiger partial charge in [0.1, 0.15) is 6.04 Å². The van der Waals surface area contributed by atoms with E-state index in [2.05, 4.69) is 0 Å². The lowest BCUT2D eigenvalue weighted by Gasteiger charge is -2.23. The van der Waals surface area contributed by atoms with Gasteiger partial charge < -0.3 is 15.6 Å². The van der Waals surface area contributed by atoms with Gasteiger partial charge in [-0.1, -0.05) is 0 Å². The number of carboxylic acids is 1. The highest BCUT2D eigenvalue weighted by atomic mass is 16.5. The molecule has 0 aromatic carbocycles. The Bertz CT molecular complexity index is 198. The molecule has 2 unspecified atom stereocenters. The fourth-order valence-corrected chi connectivity index (χ4v) is 1.83. The molecule has 1 heterocycles. The molecule has 1 rings (SSSR count). The van der Waals surface area contributed by atoms with E-state index < -0.39 is 12.0 Å². The van der Waals surface area contributed by atoms with Crippen LogP contribution in [0.1, 0.15) is 6.42 Å². The number of rotatable bonds is 5. The second kappa shape index (κ2) is 5.29. The van der Waals surface area contributed by atoms with Crippen molar-refractivity contribution >= 4 is 5.97 Å². The van der Waals surface area contributed by atoms with Crippen molar-refractivity contribution in [1.29, 1.82) is 0 Å². The second-order valence-corrected chi connectivity index (χ2v) is 3.69. The van der Waals surface area contributed by atoms with Crippen LogP contribution in [0.25, 0.3) is 0 Å². The molecule has 0 spiro atoms. The summed E-state index contributed by atoms with van der Waals surface area (Å²) >= 11 is 0. The van der Waals surface area contributed by atoms with Gasteiger partial charge in [0, 0.05) is 13.7 Å². The number of carbonyl (C=O) groups is 1. The van der Waals surface area contributed by atoms with E-state index in [0.29, 0.717) is 12.5 Å². The zero-order valence-electron chi connectivity index (χ0n) is 8.48. The van der Waals surface area contributed by atoms with Crippen LogP contribution in [-0.2, 0) is 9.53 Å². The second-order valence-electron chi connectivity index (χ2n) is 3.69. The van der Waals surface area contributed by atoms with Gasteiger partial charge in [-0.3, -0.25) is 9.69 Å². The molecule has 82 valence electrons. The van der Waals surface area contributed by atoms with Crippen LogP contribution in [0, 0.1) is 5.92 Å². The van der Waals surface area contributed by atoms with Gasteiger partial charge in [0.2, 0.25) is 0 Å². The summed E-state index contributed by atoms with van der Waals surface area (Å²) in [4.78, 5) is 12.9. The highest BCUT2D eigenvalue weighted by Gasteiger charge is 2.31. The summed E-state index contributed by atoms with van der Waals surface area (Å²) in [6.45, 7) is 2.46. The summed E-state index contributed by atoms with van der Waals surface area (Å²) in [6, 6.07) is -0.517. The molecule has 1 aliphatic heterocycles. The SMILES string of the molecule is COCC(C(=O)O)N1CCC(CN)C1. The Hall–Kier alpha value is -0.650. The van der Waals surface area contributed by atoms with E-state index in [1.54, 1.807) is 0 Å². The summed E-state index contributed by atoms with van der Waals surface area (Å²) in [7, 11) is 1.52. The largest absolute Gasteiger partial charge is 0.480 e. The third kappa shape index (κ3) is 2.67. The Balaban J connectivity index is 2.48. The molecule has 0 radical (unpaired) electrons. The van der Waals surface area contributed by atoms with Crippen molar-refractivity contribution in [2.24, 2.45) is 11.7 Å². The van der Waals surface area contributed by atoms with Crippen LogP contribution in [0.4, 0.5) is 0 Å². The molecular weight excluding hydrogens is 184 g/mol. The molecule has 0 bridgehead atoms. The molecule has 1 fully saturated rings. The predicted octanol–water partition coefficient (Wildman–Crippen LogP) is -0.633. The van der Waals surface area contributed by atoms with Gasteiger partial charge in [0.05, 0.1) is 6.61 Å². The normalized spacial score (nSPS) is 25.1. The van der Waals surface area contributed by atoms with Gasteiger partial charge in [-0.2, -0.15) is 0 Å². The van der Waals surface area contributed by atoms with Crippen molar-refractivity contribution in [3.63, 3.8) is 0 Å². The number of hydrogen-bond donors (Lipinski definition) is 2. The van der Waals surface area contributed by atoms with E-state index in [1.807, 2.05) is 4.90 Å². The van der Waals surface area contributed by atoms with Crippen molar-refractivity contribution in [3.05, 3.63) is 0 Å². The number of aliphatic carboxylic acids is 1. The molecule has 1 aliphatic rings. The van der Waals surface area contributed by atoms with Gasteiger partial charge in [-0.05, 0) is 25.4 Å². The Morgan fingerprint density at radius 2 is 2.50 bits per heavy atom. The smallest absolute Gasteiger partial charge is 0.323 e. The summed E-state index contributed by atoms with van der Waals surface area (Å²) in [5, 5.41) is 8.97. The van der Waals surface area contributed by atoms with Crippen LogP contribution >= 0.6 is 0 Å². The highest BCUT2D eigenvalue weighted by Crippen LogP contribution is 2.17. The molecule has 3 N–H and O–H groups in total. The Morgan fingerprint density at radius 3 is 2.93 bits per heavy atom. The third-order valence-corrected chi connectivity index (χ3v) is 2.70. The van der Waals surface area contributed by atoms with Gasteiger partial charge in [0.25, 0.3) is 0 Å². The van der Waals surface area contributed by atoms with E-state index in [1.165, 1.54) is 7.11 Å². The minimum Gasteiger partial charge on any atom is -0.480 e. The number of nitrogens with zero attached hydrogens (tertiary/aromatic N) is 1. The first-order chi connectivity index (χ1) is 6.69. The number of ether oxygens (including phenoxy) is 1. The lowest BCUT2D eigenvalue weighted by molar-refractivity contribution is -0.144. The monoisotopic (exact) mass is 202 g/mol. The maximum Gasteiger partial charge on any atom is 0.323 e. The first-order valence-electron chi connectivity index (χ1n) is 4.85. The van der Waals surface area contributed by atoms with E-state index >= 15 is 0 Å². The molecule has 5 heteroatoms. The van der Waals surface area contributed by atoms with Crippen LogP contribution in [0.2, 0.25) is 0 Å².